The number of benzene rings is 2. The van der Waals surface area contributed by atoms with Crippen LogP contribution in [-0.4, -0.2) is 38.7 Å². The summed E-state index contributed by atoms with van der Waals surface area (Å²) >= 11 is 0. The smallest absolute Gasteiger partial charge is 0.245 e. The summed E-state index contributed by atoms with van der Waals surface area (Å²) in [5.41, 5.74) is 2.98. The van der Waals surface area contributed by atoms with Gasteiger partial charge in [-0.1, -0.05) is 24.8 Å². The Morgan fingerprint density at radius 3 is 2.44 bits per heavy atom. The number of carbonyl (C=O) groups is 1. The lowest BCUT2D eigenvalue weighted by molar-refractivity contribution is -0.127. The molecule has 0 saturated carbocycles. The molecule has 1 amide bonds. The van der Waals surface area contributed by atoms with Crippen LogP contribution in [0, 0.1) is 0 Å². The number of amides is 1. The average molecular weight is 425 g/mol. The zero-order valence-electron chi connectivity index (χ0n) is 17.7. The lowest BCUT2D eigenvalue weighted by Crippen LogP contribution is -2.38. The molecule has 5 rings (SSSR count). The number of aromatic nitrogens is 3. The maximum absolute atomic E-state index is 11.9. The zero-order valence-corrected chi connectivity index (χ0v) is 17.7. The van der Waals surface area contributed by atoms with E-state index in [-0.39, 0.29) is 11.9 Å². The summed E-state index contributed by atoms with van der Waals surface area (Å²) in [6.45, 7) is 5.02. The Balaban J connectivity index is 1.42. The van der Waals surface area contributed by atoms with Gasteiger partial charge in [0.15, 0.2) is 0 Å². The second-order valence-electron chi connectivity index (χ2n) is 7.89. The van der Waals surface area contributed by atoms with Gasteiger partial charge < -0.3 is 9.64 Å². The normalized spacial score (nSPS) is 14.4. The number of rotatable bonds is 5. The van der Waals surface area contributed by atoms with E-state index in [2.05, 4.69) is 16.2 Å². The predicted octanol–water partition coefficient (Wildman–Crippen LogP) is 5.24. The number of hydrogen-bond acceptors (Lipinski definition) is 4. The lowest BCUT2D eigenvalue weighted by atomic mass is 10.0. The lowest BCUT2D eigenvalue weighted by Gasteiger charge is -2.31. The Bertz CT molecular complexity index is 1240. The van der Waals surface area contributed by atoms with E-state index in [4.69, 9.17) is 9.84 Å². The van der Waals surface area contributed by atoms with Crippen LogP contribution in [0.15, 0.2) is 85.7 Å². The minimum Gasteiger partial charge on any atom is -0.457 e. The Labute approximate surface area is 186 Å². The second kappa shape index (κ2) is 8.67. The molecule has 0 spiro atoms. The van der Waals surface area contributed by atoms with Crippen LogP contribution in [0.2, 0.25) is 0 Å². The van der Waals surface area contributed by atoms with Crippen LogP contribution < -0.4 is 4.74 Å². The largest absolute Gasteiger partial charge is 0.457 e. The van der Waals surface area contributed by atoms with Crippen molar-refractivity contribution < 1.29 is 9.53 Å². The molecule has 2 aromatic carbocycles. The van der Waals surface area contributed by atoms with Crippen molar-refractivity contribution in [3.05, 3.63) is 85.7 Å². The van der Waals surface area contributed by atoms with Gasteiger partial charge in [-0.3, -0.25) is 14.5 Å². The van der Waals surface area contributed by atoms with E-state index in [1.807, 2.05) is 71.8 Å². The van der Waals surface area contributed by atoms with Gasteiger partial charge in [0.25, 0.3) is 0 Å². The molecular formula is C26H24N4O2. The van der Waals surface area contributed by atoms with Crippen LogP contribution in [-0.2, 0) is 4.79 Å². The highest BCUT2D eigenvalue weighted by Crippen LogP contribution is 2.33. The minimum atomic E-state index is -0.00327. The van der Waals surface area contributed by atoms with E-state index in [1.54, 1.807) is 6.20 Å². The van der Waals surface area contributed by atoms with E-state index < -0.39 is 0 Å². The molecule has 6 nitrogen and oxygen atoms in total. The van der Waals surface area contributed by atoms with Gasteiger partial charge in [-0.15, -0.1) is 0 Å². The maximum Gasteiger partial charge on any atom is 0.245 e. The molecule has 1 fully saturated rings. The van der Waals surface area contributed by atoms with Gasteiger partial charge >= 0.3 is 0 Å². The molecule has 6 heteroatoms. The molecule has 3 heterocycles. The Hall–Kier alpha value is -3.93. The molecule has 0 aliphatic carbocycles. The zero-order chi connectivity index (χ0) is 21.9. The van der Waals surface area contributed by atoms with E-state index in [0.29, 0.717) is 13.1 Å². The fourth-order valence-electron chi connectivity index (χ4n) is 4.24. The summed E-state index contributed by atoms with van der Waals surface area (Å²) in [5, 5.41) is 6.02. The molecule has 1 saturated heterocycles. The van der Waals surface area contributed by atoms with E-state index in [0.717, 1.165) is 46.5 Å². The van der Waals surface area contributed by atoms with E-state index in [1.165, 1.54) is 6.08 Å². The number of hydrogen-bond donors (Lipinski definition) is 0. The summed E-state index contributed by atoms with van der Waals surface area (Å²) in [4.78, 5) is 18.1. The second-order valence-corrected chi connectivity index (χ2v) is 7.89. The Morgan fingerprint density at radius 2 is 1.72 bits per heavy atom. The number of ether oxygens (including phenoxy) is 1. The number of likely N-dealkylation sites (tertiary alicyclic amines) is 1. The molecular weight excluding hydrogens is 400 g/mol. The van der Waals surface area contributed by atoms with Crippen molar-refractivity contribution in [2.75, 3.05) is 13.1 Å². The highest BCUT2D eigenvalue weighted by Gasteiger charge is 2.25. The Morgan fingerprint density at radius 1 is 1.00 bits per heavy atom. The average Bonchev–Trinajstić information content (AvgIpc) is 3.24. The summed E-state index contributed by atoms with van der Waals surface area (Å²) in [6.07, 6.45) is 6.79. The fraction of sp³-hybridized carbons (Fsp3) is 0.192. The first kappa shape index (κ1) is 20.0. The highest BCUT2D eigenvalue weighted by molar-refractivity contribution is 5.92. The van der Waals surface area contributed by atoms with Gasteiger partial charge in [0.05, 0.1) is 11.6 Å². The van der Waals surface area contributed by atoms with Gasteiger partial charge in [-0.25, -0.2) is 0 Å². The SMILES string of the molecule is C=CC(=O)N1CCC(n2nc(-c3ccc(Oc4ccccc4)cc3)c3cnccc32)CC1. The summed E-state index contributed by atoms with van der Waals surface area (Å²) < 4.78 is 8.03. The van der Waals surface area contributed by atoms with E-state index >= 15 is 0 Å². The maximum atomic E-state index is 11.9. The standard InChI is InChI=1S/C26H24N4O2/c1-2-25(31)29-16-13-20(14-17-29)30-24-12-15-27-18-23(24)26(28-30)19-8-10-22(11-9-19)32-21-6-4-3-5-7-21/h2-12,15,18,20H,1,13-14,16-17H2. The first-order valence-electron chi connectivity index (χ1n) is 10.8. The molecule has 2 aromatic heterocycles. The van der Waals surface area contributed by atoms with Crippen LogP contribution in [0.3, 0.4) is 0 Å². The van der Waals surface area contributed by atoms with Crippen molar-refractivity contribution in [2.24, 2.45) is 0 Å². The van der Waals surface area contributed by atoms with Crippen molar-refractivity contribution >= 4 is 16.8 Å². The molecule has 32 heavy (non-hydrogen) atoms. The molecule has 0 radical (unpaired) electrons. The van der Waals surface area contributed by atoms with Crippen molar-refractivity contribution in [3.8, 4) is 22.8 Å². The van der Waals surface area contributed by atoms with E-state index in [9.17, 15) is 4.79 Å². The highest BCUT2D eigenvalue weighted by atomic mass is 16.5. The van der Waals surface area contributed by atoms with Crippen LogP contribution in [0.25, 0.3) is 22.2 Å². The van der Waals surface area contributed by atoms with Crippen LogP contribution >= 0.6 is 0 Å². The monoisotopic (exact) mass is 424 g/mol. The number of piperidine rings is 1. The van der Waals surface area contributed by atoms with Gasteiger partial charge in [0.1, 0.15) is 17.2 Å². The number of carbonyl (C=O) groups excluding carboxylic acids is 1. The molecule has 1 aliphatic heterocycles. The first-order chi connectivity index (χ1) is 15.7. The van der Waals surface area contributed by atoms with Crippen molar-refractivity contribution in [3.63, 3.8) is 0 Å². The number of nitrogens with zero attached hydrogens (tertiary/aromatic N) is 4. The molecule has 0 N–H and O–H groups in total. The van der Waals surface area contributed by atoms with Crippen molar-refractivity contribution in [1.82, 2.24) is 19.7 Å². The van der Waals surface area contributed by atoms with Gasteiger partial charge in [-0.2, -0.15) is 5.10 Å². The van der Waals surface area contributed by atoms with Crippen LogP contribution in [0.4, 0.5) is 0 Å². The summed E-state index contributed by atoms with van der Waals surface area (Å²) in [6, 6.07) is 20.0. The minimum absolute atomic E-state index is 0.00327. The number of fused-ring (bicyclic) bond motifs is 1. The summed E-state index contributed by atoms with van der Waals surface area (Å²) in [5.74, 6) is 1.58. The van der Waals surface area contributed by atoms with Gasteiger partial charge in [0, 0.05) is 36.4 Å². The first-order valence-corrected chi connectivity index (χ1v) is 10.8. The van der Waals surface area contributed by atoms with Crippen molar-refractivity contribution in [1.29, 1.82) is 0 Å². The molecule has 0 unspecified atom stereocenters. The summed E-state index contributed by atoms with van der Waals surface area (Å²) in [7, 11) is 0. The fourth-order valence-corrected chi connectivity index (χ4v) is 4.24. The molecule has 4 aromatic rings. The van der Waals surface area contributed by atoms with Gasteiger partial charge in [0.2, 0.25) is 5.91 Å². The third-order valence-corrected chi connectivity index (χ3v) is 5.91. The van der Waals surface area contributed by atoms with Crippen LogP contribution in [0.5, 0.6) is 11.5 Å². The molecule has 160 valence electrons. The quantitative estimate of drug-likeness (QED) is 0.411. The van der Waals surface area contributed by atoms with Gasteiger partial charge in [-0.05, 0) is 61.4 Å². The molecule has 0 bridgehead atoms. The topological polar surface area (TPSA) is 60.2 Å². The third kappa shape index (κ3) is 3.87. The molecule has 0 atom stereocenters. The van der Waals surface area contributed by atoms with Crippen LogP contribution in [0.1, 0.15) is 18.9 Å². The number of pyridine rings is 1. The number of para-hydroxylation sites is 1. The predicted molar refractivity (Wildman–Crippen MR) is 125 cm³/mol. The third-order valence-electron chi connectivity index (χ3n) is 5.91. The van der Waals surface area contributed by atoms with Crippen molar-refractivity contribution in [2.45, 2.75) is 18.9 Å². The Kier molecular flexibility index (Phi) is 5.42. The molecule has 1 aliphatic rings.